The first-order chi connectivity index (χ1) is 22.6. The molecule has 1 heterocycles. The Bertz CT molecular complexity index is 1730. The molecular weight excluding hydrogens is 720 g/mol. The van der Waals surface area contributed by atoms with Crippen LogP contribution >= 0.6 is 17.0 Å². The van der Waals surface area contributed by atoms with Crippen molar-refractivity contribution in [2.24, 2.45) is 7.95 Å². The van der Waals surface area contributed by atoms with Gasteiger partial charge in [0, 0.05) is 0 Å². The van der Waals surface area contributed by atoms with Gasteiger partial charge in [0.2, 0.25) is 0 Å². The summed E-state index contributed by atoms with van der Waals surface area (Å²) >= 11 is -3.20. The second kappa shape index (κ2) is 14.1. The number of aromatic hydroxyl groups is 2. The van der Waals surface area contributed by atoms with Crippen LogP contribution in [0, 0.1) is 0 Å². The van der Waals surface area contributed by atoms with Gasteiger partial charge in [-0.05, 0) is 0 Å². The van der Waals surface area contributed by atoms with Crippen LogP contribution in [0.25, 0.3) is 0 Å². The molecule has 1 aliphatic rings. The van der Waals surface area contributed by atoms with Crippen molar-refractivity contribution in [2.45, 2.75) is 114 Å². The molecule has 4 aromatic rings. The fourth-order valence-electron chi connectivity index (χ4n) is 6.41. The molecule has 0 saturated carbocycles. The van der Waals surface area contributed by atoms with Crippen molar-refractivity contribution in [1.29, 1.82) is 0 Å². The molecule has 0 amide bonds. The molecule has 0 aliphatic carbocycles. The van der Waals surface area contributed by atoms with Gasteiger partial charge in [-0.1, -0.05) is 0 Å². The summed E-state index contributed by atoms with van der Waals surface area (Å²) in [5, 5.41) is 23.4. The molecule has 1 aliphatic heterocycles. The zero-order valence-corrected chi connectivity index (χ0v) is 35.0. The molecule has 50 heavy (non-hydrogen) atoms. The van der Waals surface area contributed by atoms with Gasteiger partial charge in [-0.2, -0.15) is 0 Å². The first-order valence-electron chi connectivity index (χ1n) is 17.4. The van der Waals surface area contributed by atoms with E-state index in [2.05, 4.69) is 168 Å². The fraction of sp³-hybridized carbons (Fsp3) is 0.409. The van der Waals surface area contributed by atoms with Crippen LogP contribution in [0.3, 0.4) is 0 Å². The number of benzene rings is 4. The Morgan fingerprint density at radius 1 is 0.500 bits per heavy atom. The number of phenolic OH excluding ortho intramolecular Hbond substituents is 2. The topological polar surface area (TPSA) is 65.2 Å². The standard InChI is InChI=1S/2C15H22NO.C14H12.BrH.Cr/c2*1-14(2,3)11-7-10(9-16)13(17)12(8-11)15(4,5)6;1-3-7-13(8-4-1)11-12-14-9-5-2-6-10-14;;/h2*7-9,17H,1-6H3;1-12H;1H;/q2*-1;;;+2. The second-order valence-electron chi connectivity index (χ2n) is 17.7. The monoisotopic (exact) mass is 776 g/mol. The molecule has 4 nitrogen and oxygen atoms in total. The summed E-state index contributed by atoms with van der Waals surface area (Å²) < 4.78 is 11.3. The third-order valence-corrected chi connectivity index (χ3v) is 14.5. The van der Waals surface area contributed by atoms with Crippen molar-refractivity contribution < 1.29 is 23.7 Å². The first-order valence-corrected chi connectivity index (χ1v) is 20.0. The van der Waals surface area contributed by atoms with Crippen LogP contribution in [0.2, 0.25) is 0 Å². The van der Waals surface area contributed by atoms with E-state index in [1.165, 1.54) is 11.1 Å². The van der Waals surface area contributed by atoms with Gasteiger partial charge < -0.3 is 0 Å². The molecule has 2 atom stereocenters. The molecule has 0 aromatic heterocycles. The number of halogens is 1. The molecule has 0 unspecified atom stereocenters. The third kappa shape index (κ3) is 8.15. The van der Waals surface area contributed by atoms with Crippen LogP contribution in [-0.2, 0) is 35.2 Å². The molecular formula is C44H57BrCrN2O2. The summed E-state index contributed by atoms with van der Waals surface area (Å²) in [7, 11) is 0. The van der Waals surface area contributed by atoms with Crippen molar-refractivity contribution >= 4 is 29.4 Å². The predicted octanol–water partition coefficient (Wildman–Crippen LogP) is 11.9. The van der Waals surface area contributed by atoms with Crippen LogP contribution in [-0.4, -0.2) is 22.6 Å². The van der Waals surface area contributed by atoms with E-state index in [1.54, 1.807) is 0 Å². The molecule has 5 rings (SSSR count). The minimum atomic E-state index is -3.20. The van der Waals surface area contributed by atoms with Crippen LogP contribution in [0.15, 0.2) is 92.9 Å². The molecule has 1 saturated heterocycles. The SMILES string of the molecule is Br.CC(C)(C)c1cc(C=[N][Cr]2([N]=Cc3cc(C(C)(C)C)cc(C(C)(C)C)c3O)[C@H](c3ccccc3)[C@H]2c2ccccc2)c(O)c(C(C)(C)C)c1. The summed E-state index contributed by atoms with van der Waals surface area (Å²) in [6, 6.07) is 29.7. The molecule has 268 valence electrons. The molecule has 4 aromatic carbocycles. The van der Waals surface area contributed by atoms with E-state index in [1.807, 2.05) is 12.4 Å². The number of hydrogen-bond donors (Lipinski definition) is 2. The minimum absolute atomic E-state index is 0. The average Bonchev–Trinajstić information content (AvgIpc) is 3.67. The predicted molar refractivity (Wildman–Crippen MR) is 215 cm³/mol. The maximum absolute atomic E-state index is 11.7. The van der Waals surface area contributed by atoms with E-state index in [0.29, 0.717) is 0 Å². The van der Waals surface area contributed by atoms with Gasteiger partial charge in [0.05, 0.1) is 0 Å². The van der Waals surface area contributed by atoms with Crippen molar-refractivity contribution in [1.82, 2.24) is 0 Å². The van der Waals surface area contributed by atoms with E-state index >= 15 is 0 Å². The molecule has 1 fully saturated rings. The zero-order valence-electron chi connectivity index (χ0n) is 32.0. The van der Waals surface area contributed by atoms with Crippen LogP contribution in [0.4, 0.5) is 0 Å². The van der Waals surface area contributed by atoms with Gasteiger partial charge in [0.15, 0.2) is 0 Å². The zero-order chi connectivity index (χ0) is 36.2. The first kappa shape index (κ1) is 39.6. The third-order valence-electron chi connectivity index (χ3n) is 9.55. The Labute approximate surface area is 314 Å². The van der Waals surface area contributed by atoms with E-state index in [4.69, 9.17) is 7.95 Å². The van der Waals surface area contributed by atoms with Crippen LogP contribution in [0.5, 0.6) is 11.5 Å². The summed E-state index contributed by atoms with van der Waals surface area (Å²) in [6.07, 6.45) is 3.81. The van der Waals surface area contributed by atoms with E-state index in [0.717, 1.165) is 33.4 Å². The van der Waals surface area contributed by atoms with Gasteiger partial charge >= 0.3 is 299 Å². The molecule has 6 heteroatoms. The number of phenols is 2. The van der Waals surface area contributed by atoms with Crippen LogP contribution in [0.1, 0.15) is 137 Å². The molecule has 2 N–H and O–H groups in total. The van der Waals surface area contributed by atoms with Crippen molar-refractivity contribution in [3.8, 4) is 11.5 Å². The number of hydrogen-bond acceptors (Lipinski definition) is 4. The Kier molecular flexibility index (Phi) is 11.2. The Morgan fingerprint density at radius 3 is 1.10 bits per heavy atom. The summed E-state index contributed by atoms with van der Waals surface area (Å²) in [6.45, 7) is 26.1. The van der Waals surface area contributed by atoms with Gasteiger partial charge in [0.25, 0.3) is 0 Å². The van der Waals surface area contributed by atoms with Crippen molar-refractivity contribution in [3.63, 3.8) is 0 Å². The van der Waals surface area contributed by atoms with E-state index < -0.39 is 13.5 Å². The fourth-order valence-corrected chi connectivity index (χ4v) is 12.0. The van der Waals surface area contributed by atoms with E-state index in [-0.39, 0.29) is 59.7 Å². The van der Waals surface area contributed by atoms with Gasteiger partial charge in [-0.25, -0.2) is 0 Å². The van der Waals surface area contributed by atoms with Crippen molar-refractivity contribution in [2.75, 3.05) is 0 Å². The average molecular weight is 778 g/mol. The Hall–Kier alpha value is -3.17. The van der Waals surface area contributed by atoms with Gasteiger partial charge in [0.1, 0.15) is 0 Å². The maximum atomic E-state index is 11.7. The van der Waals surface area contributed by atoms with Crippen molar-refractivity contribution in [3.05, 3.63) is 129 Å². The quantitative estimate of drug-likeness (QED) is 0.192. The van der Waals surface area contributed by atoms with E-state index in [9.17, 15) is 10.2 Å². The van der Waals surface area contributed by atoms with Gasteiger partial charge in [-0.15, -0.1) is 17.0 Å². The van der Waals surface area contributed by atoms with Crippen LogP contribution < -0.4 is 0 Å². The van der Waals surface area contributed by atoms with Gasteiger partial charge in [-0.3, -0.25) is 0 Å². The molecule has 0 radical (unpaired) electrons. The Balaban J connectivity index is 0.00000562. The summed E-state index contributed by atoms with van der Waals surface area (Å²) in [4.78, 5) is 0. The molecule has 0 bridgehead atoms. The molecule has 0 spiro atoms. The second-order valence-corrected chi connectivity index (χ2v) is 21.9. The Morgan fingerprint density at radius 2 is 0.820 bits per heavy atom. The number of nitrogens with zero attached hydrogens (tertiary/aromatic N) is 2. The normalized spacial score (nSPS) is 21.2. The summed E-state index contributed by atoms with van der Waals surface area (Å²) in [5.41, 5.74) is 7.32. The number of rotatable bonds is 6. The summed E-state index contributed by atoms with van der Waals surface area (Å²) in [5.74, 6) is 0.554.